The summed E-state index contributed by atoms with van der Waals surface area (Å²) in [6, 6.07) is 6.60. The van der Waals surface area contributed by atoms with Crippen LogP contribution >= 0.6 is 12.4 Å². The van der Waals surface area contributed by atoms with E-state index >= 15 is 0 Å². The lowest BCUT2D eigenvalue weighted by atomic mass is 10.1. The molecule has 2 aromatic rings. The third kappa shape index (κ3) is 1.85. The summed E-state index contributed by atoms with van der Waals surface area (Å²) >= 11 is 0. The van der Waals surface area contributed by atoms with Crippen LogP contribution in [-0.4, -0.2) is 16.1 Å². The van der Waals surface area contributed by atoms with Crippen LogP contribution in [0.25, 0.3) is 10.8 Å². The van der Waals surface area contributed by atoms with Gasteiger partial charge in [0.25, 0.3) is 0 Å². The van der Waals surface area contributed by atoms with Gasteiger partial charge in [-0.3, -0.25) is 0 Å². The molecule has 0 radical (unpaired) electrons. The zero-order valence-corrected chi connectivity index (χ0v) is 8.49. The highest BCUT2D eigenvalue weighted by Crippen LogP contribution is 2.21. The van der Waals surface area contributed by atoms with Gasteiger partial charge >= 0.3 is 5.97 Å². The third-order valence-corrected chi connectivity index (χ3v) is 2.07. The lowest BCUT2D eigenvalue weighted by molar-refractivity contribution is 0.0699. The Bertz CT molecular complexity index is 514. The molecule has 1 heterocycles. The zero-order valence-electron chi connectivity index (χ0n) is 7.68. The summed E-state index contributed by atoms with van der Waals surface area (Å²) in [7, 11) is 0. The minimum atomic E-state index is -0.957. The third-order valence-electron chi connectivity index (χ3n) is 2.07. The first-order valence-corrected chi connectivity index (χ1v) is 4.06. The lowest BCUT2D eigenvalue weighted by Gasteiger charge is -2.03. The molecule has 0 aliphatic carbocycles. The van der Waals surface area contributed by atoms with Crippen molar-refractivity contribution < 1.29 is 9.90 Å². The van der Waals surface area contributed by atoms with E-state index in [1.165, 1.54) is 6.20 Å². The lowest BCUT2D eigenvalue weighted by Crippen LogP contribution is -1.99. The Morgan fingerprint density at radius 1 is 1.27 bits per heavy atom. The van der Waals surface area contributed by atoms with Gasteiger partial charge in [0.2, 0.25) is 0 Å². The number of anilines is 1. The predicted molar refractivity (Wildman–Crippen MR) is 60.4 cm³/mol. The minimum Gasteiger partial charge on any atom is -0.478 e. The molecule has 5 heteroatoms. The van der Waals surface area contributed by atoms with Crippen molar-refractivity contribution in [2.45, 2.75) is 0 Å². The van der Waals surface area contributed by atoms with Crippen molar-refractivity contribution in [1.29, 1.82) is 0 Å². The molecule has 0 bridgehead atoms. The van der Waals surface area contributed by atoms with Crippen LogP contribution in [-0.2, 0) is 0 Å². The number of carboxylic acid groups (broad SMARTS) is 1. The number of nitrogens with two attached hydrogens (primary N) is 1. The Balaban J connectivity index is 0.00000112. The van der Waals surface area contributed by atoms with E-state index < -0.39 is 5.97 Å². The molecule has 1 aromatic carbocycles. The van der Waals surface area contributed by atoms with E-state index in [1.54, 1.807) is 24.3 Å². The van der Waals surface area contributed by atoms with Crippen LogP contribution in [0, 0.1) is 0 Å². The number of benzene rings is 1. The molecule has 0 amide bonds. The molecule has 0 saturated heterocycles. The van der Waals surface area contributed by atoms with Crippen molar-refractivity contribution in [3.05, 3.63) is 36.0 Å². The fourth-order valence-corrected chi connectivity index (χ4v) is 1.42. The summed E-state index contributed by atoms with van der Waals surface area (Å²) in [6.45, 7) is 0. The second kappa shape index (κ2) is 4.14. The second-order valence-electron chi connectivity index (χ2n) is 2.90. The van der Waals surface area contributed by atoms with E-state index in [0.29, 0.717) is 16.6 Å². The van der Waals surface area contributed by atoms with Crippen LogP contribution in [0.15, 0.2) is 30.5 Å². The van der Waals surface area contributed by atoms with E-state index in [4.69, 9.17) is 10.8 Å². The highest BCUT2D eigenvalue weighted by molar-refractivity contribution is 6.06. The van der Waals surface area contributed by atoms with E-state index in [1.807, 2.05) is 0 Å². The first-order chi connectivity index (χ1) is 6.70. The fraction of sp³-hybridized carbons (Fsp3) is 0. The number of aromatic nitrogens is 1. The van der Waals surface area contributed by atoms with Gasteiger partial charge in [-0.1, -0.05) is 12.1 Å². The molecule has 0 aliphatic heterocycles. The van der Waals surface area contributed by atoms with Gasteiger partial charge in [-0.25, -0.2) is 9.78 Å². The number of carbonyl (C=O) groups is 1. The summed E-state index contributed by atoms with van der Waals surface area (Å²) in [6.07, 6.45) is 1.50. The van der Waals surface area contributed by atoms with Gasteiger partial charge in [-0.05, 0) is 12.1 Å². The van der Waals surface area contributed by atoms with Crippen molar-refractivity contribution in [3.63, 3.8) is 0 Å². The standard InChI is InChI=1S/C10H8N2O2.ClH/c11-9-7-2-1-3-8(10(13)14)6(7)4-5-12-9;/h1-5H,(H2,11,12)(H,13,14);1H. The van der Waals surface area contributed by atoms with E-state index in [9.17, 15) is 4.79 Å². The van der Waals surface area contributed by atoms with E-state index in [0.717, 1.165) is 0 Å². The first-order valence-electron chi connectivity index (χ1n) is 4.06. The number of rotatable bonds is 1. The van der Waals surface area contributed by atoms with Crippen LogP contribution in [0.3, 0.4) is 0 Å². The number of hydrogen-bond donors (Lipinski definition) is 2. The highest BCUT2D eigenvalue weighted by atomic mass is 35.5. The number of pyridine rings is 1. The Labute approximate surface area is 92.1 Å². The summed E-state index contributed by atoms with van der Waals surface area (Å²) in [5.41, 5.74) is 5.87. The molecule has 0 aliphatic rings. The van der Waals surface area contributed by atoms with Crippen molar-refractivity contribution in [1.82, 2.24) is 4.98 Å². The second-order valence-corrected chi connectivity index (χ2v) is 2.90. The smallest absolute Gasteiger partial charge is 0.336 e. The van der Waals surface area contributed by atoms with Gasteiger partial charge in [-0.15, -0.1) is 12.4 Å². The Morgan fingerprint density at radius 2 is 2.00 bits per heavy atom. The highest BCUT2D eigenvalue weighted by Gasteiger charge is 2.08. The summed E-state index contributed by atoms with van der Waals surface area (Å²) in [5.74, 6) is -0.605. The van der Waals surface area contributed by atoms with Gasteiger partial charge in [-0.2, -0.15) is 0 Å². The minimum absolute atomic E-state index is 0. The van der Waals surface area contributed by atoms with Crippen molar-refractivity contribution in [3.8, 4) is 0 Å². The van der Waals surface area contributed by atoms with Crippen molar-refractivity contribution in [2.75, 3.05) is 5.73 Å². The van der Waals surface area contributed by atoms with Crippen LogP contribution in [0.2, 0.25) is 0 Å². The van der Waals surface area contributed by atoms with Crippen LogP contribution < -0.4 is 5.73 Å². The summed E-state index contributed by atoms with van der Waals surface area (Å²) in [5, 5.41) is 10.2. The number of aromatic carboxylic acids is 1. The zero-order chi connectivity index (χ0) is 10.1. The summed E-state index contributed by atoms with van der Waals surface area (Å²) in [4.78, 5) is 14.8. The van der Waals surface area contributed by atoms with Crippen molar-refractivity contribution in [2.24, 2.45) is 0 Å². The molecule has 1 aromatic heterocycles. The average molecular weight is 225 g/mol. The van der Waals surface area contributed by atoms with Crippen LogP contribution in [0.4, 0.5) is 5.82 Å². The van der Waals surface area contributed by atoms with Gasteiger partial charge in [0, 0.05) is 17.0 Å². The Hall–Kier alpha value is -1.81. The number of carboxylic acids is 1. The van der Waals surface area contributed by atoms with Gasteiger partial charge in [0.15, 0.2) is 0 Å². The molecule has 0 unspecified atom stereocenters. The molecular weight excluding hydrogens is 216 g/mol. The maximum absolute atomic E-state index is 10.9. The SMILES string of the molecule is Cl.Nc1nccc2c(C(=O)O)cccc12. The average Bonchev–Trinajstić information content (AvgIpc) is 2.17. The quantitative estimate of drug-likeness (QED) is 0.776. The molecule has 0 saturated carbocycles. The number of fused-ring (bicyclic) bond motifs is 1. The summed E-state index contributed by atoms with van der Waals surface area (Å²) < 4.78 is 0. The van der Waals surface area contributed by atoms with Gasteiger partial charge in [0.05, 0.1) is 5.56 Å². The molecule has 4 nitrogen and oxygen atoms in total. The number of halogens is 1. The largest absolute Gasteiger partial charge is 0.478 e. The molecular formula is C10H9ClN2O2. The monoisotopic (exact) mass is 224 g/mol. The molecule has 0 atom stereocenters. The van der Waals surface area contributed by atoms with E-state index in [-0.39, 0.29) is 18.0 Å². The Morgan fingerprint density at radius 3 is 2.67 bits per heavy atom. The number of nitrogens with zero attached hydrogens (tertiary/aromatic N) is 1. The van der Waals surface area contributed by atoms with E-state index in [2.05, 4.69) is 4.98 Å². The number of hydrogen-bond acceptors (Lipinski definition) is 3. The molecule has 15 heavy (non-hydrogen) atoms. The normalized spacial score (nSPS) is 9.60. The molecule has 0 spiro atoms. The fourth-order valence-electron chi connectivity index (χ4n) is 1.42. The predicted octanol–water partition coefficient (Wildman–Crippen LogP) is 1.94. The molecule has 2 rings (SSSR count). The molecule has 0 fully saturated rings. The Kier molecular flexibility index (Phi) is 3.11. The topological polar surface area (TPSA) is 76.2 Å². The molecule has 3 N–H and O–H groups in total. The van der Waals surface area contributed by atoms with Crippen LogP contribution in [0.5, 0.6) is 0 Å². The van der Waals surface area contributed by atoms with Gasteiger partial charge in [0.1, 0.15) is 5.82 Å². The molecule has 78 valence electrons. The van der Waals surface area contributed by atoms with Gasteiger partial charge < -0.3 is 10.8 Å². The first kappa shape index (κ1) is 11.3. The number of nitrogen functional groups attached to an aromatic ring is 1. The maximum atomic E-state index is 10.9. The van der Waals surface area contributed by atoms with Crippen LogP contribution in [0.1, 0.15) is 10.4 Å². The maximum Gasteiger partial charge on any atom is 0.336 e. The van der Waals surface area contributed by atoms with Crippen molar-refractivity contribution >= 4 is 35.0 Å².